The van der Waals surface area contributed by atoms with Gasteiger partial charge >= 0.3 is 5.97 Å². The third-order valence-corrected chi connectivity index (χ3v) is 5.46. The molecule has 2 aromatic rings. The largest absolute Gasteiger partial charge is 0.462 e. The Morgan fingerprint density at radius 3 is 2.07 bits per heavy atom. The summed E-state index contributed by atoms with van der Waals surface area (Å²) in [5, 5.41) is 8.70. The summed E-state index contributed by atoms with van der Waals surface area (Å²) in [6, 6.07) is 15.4. The monoisotopic (exact) mass is 409 g/mol. The van der Waals surface area contributed by atoms with Crippen LogP contribution in [0.25, 0.3) is 0 Å². The molecule has 4 nitrogen and oxygen atoms in total. The number of ether oxygens (including phenoxy) is 1. The van der Waals surface area contributed by atoms with Gasteiger partial charge in [-0.05, 0) is 66.7 Å². The van der Waals surface area contributed by atoms with Gasteiger partial charge in [-0.15, -0.1) is 0 Å². The van der Waals surface area contributed by atoms with Gasteiger partial charge in [0.1, 0.15) is 0 Å². The molecule has 5 heteroatoms. The predicted octanol–water partition coefficient (Wildman–Crippen LogP) is 6.40. The van der Waals surface area contributed by atoms with Crippen molar-refractivity contribution >= 4 is 22.8 Å². The van der Waals surface area contributed by atoms with E-state index in [1.54, 1.807) is 48.5 Å². The van der Waals surface area contributed by atoms with E-state index in [2.05, 4.69) is 6.92 Å². The molecular formula is C24H27NO3S. The quantitative estimate of drug-likeness (QED) is 0.244. The molecule has 0 saturated heterocycles. The fourth-order valence-corrected chi connectivity index (χ4v) is 3.55. The second-order valence-electron chi connectivity index (χ2n) is 6.86. The summed E-state index contributed by atoms with van der Waals surface area (Å²) in [5.41, 5.74) is 1.53. The molecular weight excluding hydrogens is 382 g/mol. The first-order valence-corrected chi connectivity index (χ1v) is 10.9. The summed E-state index contributed by atoms with van der Waals surface area (Å²) in [7, 11) is 0. The normalized spacial score (nSPS) is 10.3. The zero-order chi connectivity index (χ0) is 20.9. The molecule has 0 heterocycles. The minimum atomic E-state index is -0.352. The van der Waals surface area contributed by atoms with Crippen LogP contribution < -0.4 is 0 Å². The molecule has 0 fully saturated rings. The van der Waals surface area contributed by atoms with Crippen LogP contribution in [0.15, 0.2) is 53.4 Å². The first kappa shape index (κ1) is 22.7. The number of rotatable bonds is 11. The van der Waals surface area contributed by atoms with E-state index in [-0.39, 0.29) is 11.1 Å². The first-order valence-electron chi connectivity index (χ1n) is 10.1. The van der Waals surface area contributed by atoms with Gasteiger partial charge in [0.25, 0.3) is 0 Å². The van der Waals surface area contributed by atoms with Crippen LogP contribution in [0.4, 0.5) is 0 Å². The minimum Gasteiger partial charge on any atom is -0.462 e. The van der Waals surface area contributed by atoms with E-state index >= 15 is 0 Å². The summed E-state index contributed by atoms with van der Waals surface area (Å²) in [4.78, 5) is 25.3. The van der Waals surface area contributed by atoms with Crippen LogP contribution in [-0.2, 0) is 4.74 Å². The van der Waals surface area contributed by atoms with Gasteiger partial charge in [0.15, 0.2) is 0 Å². The number of hydrogen-bond acceptors (Lipinski definition) is 5. The highest BCUT2D eigenvalue weighted by Crippen LogP contribution is 2.23. The zero-order valence-electron chi connectivity index (χ0n) is 16.9. The van der Waals surface area contributed by atoms with Gasteiger partial charge in [-0.2, -0.15) is 5.26 Å². The maximum atomic E-state index is 12.4. The number of carbonyl (C=O) groups is 2. The highest BCUT2D eigenvalue weighted by atomic mass is 32.2. The van der Waals surface area contributed by atoms with Gasteiger partial charge < -0.3 is 4.74 Å². The van der Waals surface area contributed by atoms with E-state index < -0.39 is 0 Å². The van der Waals surface area contributed by atoms with Crippen LogP contribution >= 0.6 is 11.8 Å². The van der Waals surface area contributed by atoms with E-state index in [0.717, 1.165) is 29.5 Å². The Balaban J connectivity index is 1.74. The van der Waals surface area contributed by atoms with E-state index in [0.29, 0.717) is 23.3 Å². The molecule has 0 spiro atoms. The summed E-state index contributed by atoms with van der Waals surface area (Å²) >= 11 is 1.09. The van der Waals surface area contributed by atoms with E-state index in [4.69, 9.17) is 10.00 Å². The molecule has 0 aliphatic heterocycles. The topological polar surface area (TPSA) is 67.2 Å². The van der Waals surface area contributed by atoms with Crippen molar-refractivity contribution in [3.05, 3.63) is 65.2 Å². The van der Waals surface area contributed by atoms with Gasteiger partial charge in [0.05, 0.1) is 23.8 Å². The molecule has 0 saturated carbocycles. The van der Waals surface area contributed by atoms with Gasteiger partial charge in [-0.1, -0.05) is 45.4 Å². The third-order valence-electron chi connectivity index (χ3n) is 4.53. The third kappa shape index (κ3) is 8.13. The fraction of sp³-hybridized carbons (Fsp3) is 0.375. The van der Waals surface area contributed by atoms with Crippen LogP contribution in [0.2, 0.25) is 0 Å². The van der Waals surface area contributed by atoms with E-state index in [1.165, 1.54) is 32.1 Å². The number of nitrogens with zero attached hydrogens (tertiary/aromatic N) is 1. The van der Waals surface area contributed by atoms with E-state index in [1.807, 2.05) is 6.07 Å². The number of carbonyl (C=O) groups excluding carboxylic acids is 2. The summed E-state index contributed by atoms with van der Waals surface area (Å²) in [5.74, 6) is -0.352. The average Bonchev–Trinajstić information content (AvgIpc) is 2.76. The zero-order valence-corrected chi connectivity index (χ0v) is 17.7. The number of nitriles is 1. The number of hydrogen-bond donors (Lipinski definition) is 0. The lowest BCUT2D eigenvalue weighted by molar-refractivity contribution is 0.0497. The van der Waals surface area contributed by atoms with Crippen molar-refractivity contribution in [2.24, 2.45) is 0 Å². The highest BCUT2D eigenvalue weighted by molar-refractivity contribution is 8.14. The highest BCUT2D eigenvalue weighted by Gasteiger charge is 2.11. The fourth-order valence-electron chi connectivity index (χ4n) is 2.81. The summed E-state index contributed by atoms with van der Waals surface area (Å²) in [6.07, 6.45) is 8.22. The molecule has 0 bridgehead atoms. The molecule has 29 heavy (non-hydrogen) atoms. The molecule has 0 aromatic heterocycles. The van der Waals surface area contributed by atoms with Crippen LogP contribution in [0.1, 0.15) is 78.1 Å². The second kappa shape index (κ2) is 12.8. The van der Waals surface area contributed by atoms with Crippen molar-refractivity contribution in [1.82, 2.24) is 0 Å². The van der Waals surface area contributed by atoms with Crippen molar-refractivity contribution in [3.63, 3.8) is 0 Å². The van der Waals surface area contributed by atoms with Crippen molar-refractivity contribution < 1.29 is 14.3 Å². The smallest absolute Gasteiger partial charge is 0.338 e. The molecule has 0 amide bonds. The average molecular weight is 410 g/mol. The number of benzene rings is 2. The molecule has 0 radical (unpaired) electrons. The molecule has 2 aromatic carbocycles. The van der Waals surface area contributed by atoms with Crippen LogP contribution in [0, 0.1) is 11.3 Å². The predicted molar refractivity (Wildman–Crippen MR) is 116 cm³/mol. The van der Waals surface area contributed by atoms with Crippen molar-refractivity contribution in [1.29, 1.82) is 5.26 Å². The second-order valence-corrected chi connectivity index (χ2v) is 7.91. The Labute approximate surface area is 177 Å². The van der Waals surface area contributed by atoms with Crippen LogP contribution in [0.5, 0.6) is 0 Å². The molecule has 0 aliphatic carbocycles. The Hall–Kier alpha value is -2.58. The van der Waals surface area contributed by atoms with Crippen molar-refractivity contribution in [3.8, 4) is 6.07 Å². The Morgan fingerprint density at radius 2 is 1.45 bits per heavy atom. The lowest BCUT2D eigenvalue weighted by Gasteiger charge is -2.06. The lowest BCUT2D eigenvalue weighted by atomic mass is 10.1. The van der Waals surface area contributed by atoms with E-state index in [9.17, 15) is 9.59 Å². The molecule has 152 valence electrons. The Kier molecular flexibility index (Phi) is 10.0. The molecule has 0 atom stereocenters. The maximum Gasteiger partial charge on any atom is 0.338 e. The standard InChI is InChI=1S/C24H27NO3S/c1-2-3-4-5-6-7-8-17-28-23(26)20-11-13-21(14-12-20)24(27)29-22-15-9-19(18-25)10-16-22/h9-16H,2-8,17H2,1H3. The number of unbranched alkanes of at least 4 members (excludes halogenated alkanes) is 6. The SMILES string of the molecule is CCCCCCCCCOC(=O)c1ccc(C(=O)Sc2ccc(C#N)cc2)cc1. The lowest BCUT2D eigenvalue weighted by Crippen LogP contribution is -2.07. The van der Waals surface area contributed by atoms with Gasteiger partial charge in [-0.3, -0.25) is 4.79 Å². The van der Waals surface area contributed by atoms with Crippen molar-refractivity contribution in [2.45, 2.75) is 56.8 Å². The molecule has 2 rings (SSSR count). The van der Waals surface area contributed by atoms with Gasteiger partial charge in [0, 0.05) is 10.5 Å². The van der Waals surface area contributed by atoms with Crippen LogP contribution in [0.3, 0.4) is 0 Å². The molecule has 0 unspecified atom stereocenters. The summed E-state index contributed by atoms with van der Waals surface area (Å²) < 4.78 is 5.32. The van der Waals surface area contributed by atoms with Crippen LogP contribution in [-0.4, -0.2) is 17.7 Å². The maximum absolute atomic E-state index is 12.4. The van der Waals surface area contributed by atoms with Gasteiger partial charge in [-0.25, -0.2) is 4.79 Å². The Bertz CT molecular complexity index is 823. The number of esters is 1. The van der Waals surface area contributed by atoms with Crippen molar-refractivity contribution in [2.75, 3.05) is 6.61 Å². The first-order chi connectivity index (χ1) is 14.1. The Morgan fingerprint density at radius 1 is 0.862 bits per heavy atom. The minimum absolute atomic E-state index is 0.113. The summed E-state index contributed by atoms with van der Waals surface area (Å²) in [6.45, 7) is 2.64. The molecule has 0 N–H and O–H groups in total. The number of thioether (sulfide) groups is 1. The van der Waals surface area contributed by atoms with Gasteiger partial charge in [0.2, 0.25) is 5.12 Å². The molecule has 0 aliphatic rings.